The molecule has 1 unspecified atom stereocenters. The fraction of sp³-hybridized carbons (Fsp3) is 0.533. The highest BCUT2D eigenvalue weighted by atomic mass is 19.1. The Balaban J connectivity index is 2.11. The Kier molecular flexibility index (Phi) is 4.75. The number of benzene rings is 1. The zero-order valence-corrected chi connectivity index (χ0v) is 11.2. The van der Waals surface area contributed by atoms with Crippen LogP contribution in [0, 0.1) is 17.1 Å². The maximum Gasteiger partial charge on any atom is 0.124 e. The van der Waals surface area contributed by atoms with Crippen LogP contribution in [0.5, 0.6) is 0 Å². The smallest absolute Gasteiger partial charge is 0.124 e. The van der Waals surface area contributed by atoms with Crippen molar-refractivity contribution < 1.29 is 9.13 Å². The number of nitrogens with zero attached hydrogens (tertiary/aromatic N) is 2. The molecular formula is C15H19FN2O. The molecule has 0 aromatic heterocycles. The molecule has 1 fully saturated rings. The van der Waals surface area contributed by atoms with E-state index in [4.69, 9.17) is 10.00 Å². The van der Waals surface area contributed by atoms with E-state index in [1.165, 1.54) is 12.1 Å². The summed E-state index contributed by atoms with van der Waals surface area (Å²) in [6.07, 6.45) is 3.32. The van der Waals surface area contributed by atoms with Gasteiger partial charge >= 0.3 is 0 Å². The highest BCUT2D eigenvalue weighted by Crippen LogP contribution is 2.25. The molecule has 0 radical (unpaired) electrons. The van der Waals surface area contributed by atoms with Crippen LogP contribution in [0.4, 0.5) is 10.1 Å². The number of piperidine rings is 1. The van der Waals surface area contributed by atoms with E-state index < -0.39 is 0 Å². The van der Waals surface area contributed by atoms with Gasteiger partial charge in [-0.2, -0.15) is 5.26 Å². The Hall–Kier alpha value is -1.60. The van der Waals surface area contributed by atoms with Crippen molar-refractivity contribution >= 4 is 5.69 Å². The van der Waals surface area contributed by atoms with Crippen molar-refractivity contribution in [3.63, 3.8) is 0 Å². The summed E-state index contributed by atoms with van der Waals surface area (Å²) in [7, 11) is 0. The number of hydrogen-bond acceptors (Lipinski definition) is 3. The molecule has 1 aromatic rings. The number of ether oxygens (including phenoxy) is 1. The van der Waals surface area contributed by atoms with Crippen molar-refractivity contribution in [3.05, 3.63) is 29.6 Å². The van der Waals surface area contributed by atoms with Crippen molar-refractivity contribution in [2.75, 3.05) is 24.6 Å². The third kappa shape index (κ3) is 3.45. The topological polar surface area (TPSA) is 36.3 Å². The van der Waals surface area contributed by atoms with Gasteiger partial charge in [-0.05, 0) is 37.5 Å². The molecule has 1 saturated heterocycles. The number of rotatable bonds is 4. The molecule has 1 heterocycles. The van der Waals surface area contributed by atoms with Crippen LogP contribution in [0.15, 0.2) is 18.2 Å². The molecule has 1 aliphatic heterocycles. The lowest BCUT2D eigenvalue weighted by Crippen LogP contribution is -2.40. The van der Waals surface area contributed by atoms with Crippen LogP contribution in [0.1, 0.15) is 31.7 Å². The molecule has 3 nitrogen and oxygen atoms in total. The van der Waals surface area contributed by atoms with Crippen molar-refractivity contribution in [2.24, 2.45) is 0 Å². The minimum Gasteiger partial charge on any atom is -0.376 e. The third-order valence-electron chi connectivity index (χ3n) is 3.36. The van der Waals surface area contributed by atoms with E-state index in [0.717, 1.165) is 44.6 Å². The van der Waals surface area contributed by atoms with E-state index in [0.29, 0.717) is 5.56 Å². The summed E-state index contributed by atoms with van der Waals surface area (Å²) in [6.45, 7) is 4.54. The molecule has 19 heavy (non-hydrogen) atoms. The first-order valence-electron chi connectivity index (χ1n) is 6.80. The van der Waals surface area contributed by atoms with Gasteiger partial charge in [0.15, 0.2) is 0 Å². The van der Waals surface area contributed by atoms with Crippen molar-refractivity contribution in [2.45, 2.75) is 32.3 Å². The Labute approximate surface area is 113 Å². The molecule has 0 bridgehead atoms. The highest BCUT2D eigenvalue weighted by molar-refractivity contribution is 5.59. The lowest BCUT2D eigenvalue weighted by molar-refractivity contribution is 0.0440. The summed E-state index contributed by atoms with van der Waals surface area (Å²) in [5.41, 5.74) is 1.21. The second-order valence-electron chi connectivity index (χ2n) is 4.85. The first-order chi connectivity index (χ1) is 9.24. The highest BCUT2D eigenvalue weighted by Gasteiger charge is 2.22. The standard InChI is InChI=1S/C15H19FN2O/c1-2-8-19-14-4-3-7-18(11-14)15-6-5-13(16)9-12(15)10-17/h5-6,9,14H,2-4,7-8,11H2,1H3. The zero-order chi connectivity index (χ0) is 13.7. The Morgan fingerprint density at radius 2 is 2.37 bits per heavy atom. The second kappa shape index (κ2) is 6.53. The van der Waals surface area contributed by atoms with E-state index in [9.17, 15) is 4.39 Å². The molecule has 0 aliphatic carbocycles. The molecule has 0 spiro atoms. The maximum absolute atomic E-state index is 13.2. The van der Waals surface area contributed by atoms with Crippen LogP contribution in [0.25, 0.3) is 0 Å². The van der Waals surface area contributed by atoms with Crippen LogP contribution < -0.4 is 4.90 Å². The molecule has 4 heteroatoms. The molecule has 2 rings (SSSR count). The summed E-state index contributed by atoms with van der Waals surface area (Å²) in [5, 5.41) is 9.11. The molecule has 1 atom stereocenters. The molecule has 1 aromatic carbocycles. The quantitative estimate of drug-likeness (QED) is 0.836. The number of nitriles is 1. The molecule has 0 N–H and O–H groups in total. The van der Waals surface area contributed by atoms with E-state index in [1.54, 1.807) is 6.07 Å². The lowest BCUT2D eigenvalue weighted by atomic mass is 10.1. The first-order valence-corrected chi connectivity index (χ1v) is 6.80. The van der Waals surface area contributed by atoms with Crippen LogP contribution in [-0.4, -0.2) is 25.8 Å². The molecule has 0 saturated carbocycles. The van der Waals surface area contributed by atoms with Gasteiger partial charge in [0.05, 0.1) is 17.4 Å². The summed E-state index contributed by atoms with van der Waals surface area (Å²) < 4.78 is 18.9. The monoisotopic (exact) mass is 262 g/mol. The second-order valence-corrected chi connectivity index (χ2v) is 4.85. The Morgan fingerprint density at radius 1 is 1.53 bits per heavy atom. The van der Waals surface area contributed by atoms with Gasteiger partial charge in [-0.3, -0.25) is 0 Å². The zero-order valence-electron chi connectivity index (χ0n) is 11.2. The SMILES string of the molecule is CCCOC1CCCN(c2ccc(F)cc2C#N)C1. The fourth-order valence-corrected chi connectivity index (χ4v) is 2.45. The Morgan fingerprint density at radius 3 is 3.11 bits per heavy atom. The summed E-state index contributed by atoms with van der Waals surface area (Å²) in [6, 6.07) is 6.47. The van der Waals surface area contributed by atoms with Crippen molar-refractivity contribution in [1.82, 2.24) is 0 Å². The maximum atomic E-state index is 13.2. The van der Waals surface area contributed by atoms with Gasteiger partial charge in [-0.15, -0.1) is 0 Å². The largest absolute Gasteiger partial charge is 0.376 e. The van der Waals surface area contributed by atoms with Gasteiger partial charge < -0.3 is 9.64 Å². The van der Waals surface area contributed by atoms with Gasteiger partial charge in [0.25, 0.3) is 0 Å². The van der Waals surface area contributed by atoms with Gasteiger partial charge in [-0.25, -0.2) is 4.39 Å². The minimum absolute atomic E-state index is 0.213. The molecular weight excluding hydrogens is 243 g/mol. The summed E-state index contributed by atoms with van der Waals surface area (Å²) in [5.74, 6) is -0.365. The van der Waals surface area contributed by atoms with Crippen LogP contribution in [0.2, 0.25) is 0 Å². The van der Waals surface area contributed by atoms with Crippen molar-refractivity contribution in [1.29, 1.82) is 5.26 Å². The lowest BCUT2D eigenvalue weighted by Gasteiger charge is -2.34. The van der Waals surface area contributed by atoms with E-state index in [1.807, 2.05) is 0 Å². The molecule has 1 aliphatic rings. The van der Waals surface area contributed by atoms with Gasteiger partial charge in [-0.1, -0.05) is 6.92 Å². The van der Waals surface area contributed by atoms with Gasteiger partial charge in [0.1, 0.15) is 11.9 Å². The predicted octanol–water partition coefficient (Wildman–Crippen LogP) is 3.09. The minimum atomic E-state index is -0.365. The molecule has 0 amide bonds. The number of anilines is 1. The van der Waals surface area contributed by atoms with Crippen LogP contribution >= 0.6 is 0 Å². The van der Waals surface area contributed by atoms with E-state index >= 15 is 0 Å². The molecule has 102 valence electrons. The van der Waals surface area contributed by atoms with Gasteiger partial charge in [0.2, 0.25) is 0 Å². The van der Waals surface area contributed by atoms with E-state index in [-0.39, 0.29) is 11.9 Å². The fourth-order valence-electron chi connectivity index (χ4n) is 2.45. The first kappa shape index (κ1) is 13.8. The van der Waals surface area contributed by atoms with Crippen LogP contribution in [0.3, 0.4) is 0 Å². The average Bonchev–Trinajstić information content (AvgIpc) is 2.45. The van der Waals surface area contributed by atoms with Crippen LogP contribution in [-0.2, 0) is 4.74 Å². The summed E-state index contributed by atoms with van der Waals surface area (Å²) in [4.78, 5) is 2.13. The third-order valence-corrected chi connectivity index (χ3v) is 3.36. The summed E-state index contributed by atoms with van der Waals surface area (Å²) >= 11 is 0. The number of hydrogen-bond donors (Lipinski definition) is 0. The van der Waals surface area contributed by atoms with Gasteiger partial charge in [0, 0.05) is 19.7 Å². The average molecular weight is 262 g/mol. The predicted molar refractivity (Wildman–Crippen MR) is 72.6 cm³/mol. The van der Waals surface area contributed by atoms with Crippen molar-refractivity contribution in [3.8, 4) is 6.07 Å². The number of halogens is 1. The van der Waals surface area contributed by atoms with E-state index in [2.05, 4.69) is 17.9 Å². The normalized spacial score (nSPS) is 19.2. The Bertz CT molecular complexity index is 470.